The van der Waals surface area contributed by atoms with E-state index >= 15 is 0 Å². The van der Waals surface area contributed by atoms with E-state index in [1.165, 1.54) is 6.92 Å². The number of ether oxygens (including phenoxy) is 3. The van der Waals surface area contributed by atoms with E-state index in [9.17, 15) is 9.59 Å². The third-order valence-corrected chi connectivity index (χ3v) is 5.52. The molecule has 1 aliphatic rings. The van der Waals surface area contributed by atoms with Crippen LogP contribution in [0.4, 0.5) is 5.69 Å². The Morgan fingerprint density at radius 1 is 1.12 bits per heavy atom. The molecule has 0 bridgehead atoms. The number of carbonyl (C=O) groups is 2. The summed E-state index contributed by atoms with van der Waals surface area (Å²) in [5, 5.41) is 2.92. The fourth-order valence-electron chi connectivity index (χ4n) is 3.56. The molecule has 170 valence electrons. The van der Waals surface area contributed by atoms with Crippen molar-refractivity contribution in [1.82, 2.24) is 0 Å². The van der Waals surface area contributed by atoms with Crippen molar-refractivity contribution in [2.24, 2.45) is 5.92 Å². The van der Waals surface area contributed by atoms with Crippen LogP contribution in [0.1, 0.15) is 49.4 Å². The van der Waals surface area contributed by atoms with E-state index in [0.717, 1.165) is 34.4 Å². The highest BCUT2D eigenvalue weighted by Crippen LogP contribution is 2.41. The lowest BCUT2D eigenvalue weighted by atomic mass is 9.94. The van der Waals surface area contributed by atoms with Gasteiger partial charge in [-0.1, -0.05) is 19.9 Å². The molecule has 1 aliphatic heterocycles. The molecule has 0 radical (unpaired) electrons. The molecule has 0 saturated carbocycles. The molecule has 0 aromatic heterocycles. The molecule has 1 amide bonds. The quantitative estimate of drug-likeness (QED) is 0.465. The van der Waals surface area contributed by atoms with Crippen molar-refractivity contribution in [2.75, 3.05) is 18.5 Å². The van der Waals surface area contributed by atoms with Gasteiger partial charge in [0.15, 0.2) is 0 Å². The van der Waals surface area contributed by atoms with Gasteiger partial charge < -0.3 is 19.5 Å². The topological polar surface area (TPSA) is 73.9 Å². The lowest BCUT2D eigenvalue weighted by Gasteiger charge is -2.24. The fourth-order valence-corrected chi connectivity index (χ4v) is 3.56. The van der Waals surface area contributed by atoms with Gasteiger partial charge in [-0.15, -0.1) is 0 Å². The number of nitrogens with one attached hydrogen (secondary N) is 1. The first-order valence-electron chi connectivity index (χ1n) is 10.9. The molecular formula is C26H31NO5. The maximum atomic E-state index is 12.9. The van der Waals surface area contributed by atoms with Crippen molar-refractivity contribution in [2.45, 2.75) is 48.0 Å². The number of rotatable bonds is 7. The Kier molecular flexibility index (Phi) is 7.23. The van der Waals surface area contributed by atoms with Crippen molar-refractivity contribution in [3.05, 3.63) is 52.1 Å². The van der Waals surface area contributed by atoms with E-state index in [0.29, 0.717) is 35.3 Å². The Labute approximate surface area is 189 Å². The van der Waals surface area contributed by atoms with Crippen molar-refractivity contribution < 1.29 is 23.8 Å². The largest absolute Gasteiger partial charge is 0.494 e. The highest BCUT2D eigenvalue weighted by Gasteiger charge is 2.25. The molecular weight excluding hydrogens is 406 g/mol. The van der Waals surface area contributed by atoms with Crippen molar-refractivity contribution in [1.29, 1.82) is 0 Å². The number of fused-ring (bicyclic) bond motifs is 1. The summed E-state index contributed by atoms with van der Waals surface area (Å²) < 4.78 is 17.2. The highest BCUT2D eigenvalue weighted by atomic mass is 16.5. The molecule has 0 unspecified atom stereocenters. The average molecular weight is 438 g/mol. The van der Waals surface area contributed by atoms with Crippen LogP contribution in [0, 0.1) is 26.7 Å². The van der Waals surface area contributed by atoms with Gasteiger partial charge in [-0.05, 0) is 62.4 Å². The minimum atomic E-state index is -0.385. The number of esters is 1. The summed E-state index contributed by atoms with van der Waals surface area (Å²) in [7, 11) is 0. The van der Waals surface area contributed by atoms with Crippen LogP contribution in [0.5, 0.6) is 17.2 Å². The first-order chi connectivity index (χ1) is 15.2. The summed E-state index contributed by atoms with van der Waals surface area (Å²) in [6.07, 6.45) is 2.78. The summed E-state index contributed by atoms with van der Waals surface area (Å²) in [5.74, 6) is 1.88. The van der Waals surface area contributed by atoms with Crippen LogP contribution in [0.3, 0.4) is 0 Å². The molecule has 0 atom stereocenters. The van der Waals surface area contributed by atoms with Crippen LogP contribution < -0.4 is 19.5 Å². The molecule has 2 aromatic rings. The van der Waals surface area contributed by atoms with Gasteiger partial charge in [0.2, 0.25) is 0 Å². The normalized spacial score (nSPS) is 12.5. The predicted octanol–water partition coefficient (Wildman–Crippen LogP) is 5.38. The van der Waals surface area contributed by atoms with Crippen molar-refractivity contribution in [3.63, 3.8) is 0 Å². The monoisotopic (exact) mass is 437 g/mol. The molecule has 0 spiro atoms. The minimum absolute atomic E-state index is 0.163. The van der Waals surface area contributed by atoms with E-state index in [1.54, 1.807) is 0 Å². The van der Waals surface area contributed by atoms with Crippen LogP contribution in [-0.2, 0) is 9.59 Å². The third-order valence-electron chi connectivity index (χ3n) is 5.52. The Morgan fingerprint density at radius 2 is 1.88 bits per heavy atom. The molecule has 0 saturated heterocycles. The summed E-state index contributed by atoms with van der Waals surface area (Å²) in [6.45, 7) is 12.2. The molecule has 32 heavy (non-hydrogen) atoms. The number of benzene rings is 2. The van der Waals surface area contributed by atoms with Crippen molar-refractivity contribution in [3.8, 4) is 17.2 Å². The lowest BCUT2D eigenvalue weighted by molar-refractivity contribution is -0.132. The van der Waals surface area contributed by atoms with E-state index in [1.807, 2.05) is 51.1 Å². The maximum absolute atomic E-state index is 12.9. The second-order valence-electron chi connectivity index (χ2n) is 8.51. The van der Waals surface area contributed by atoms with Crippen molar-refractivity contribution >= 4 is 23.6 Å². The van der Waals surface area contributed by atoms with Crippen LogP contribution in [0.2, 0.25) is 0 Å². The number of hydrogen-bond acceptors (Lipinski definition) is 5. The van der Waals surface area contributed by atoms with Gasteiger partial charge in [-0.25, -0.2) is 0 Å². The van der Waals surface area contributed by atoms with Gasteiger partial charge in [0, 0.05) is 29.8 Å². The smallest absolute Gasteiger partial charge is 0.308 e. The number of amides is 1. The average Bonchev–Trinajstić information content (AvgIpc) is 2.74. The first-order valence-corrected chi connectivity index (χ1v) is 10.9. The molecule has 0 aliphatic carbocycles. The molecule has 1 heterocycles. The molecule has 1 N–H and O–H groups in total. The van der Waals surface area contributed by atoms with Crippen LogP contribution in [0.15, 0.2) is 29.8 Å². The Hall–Kier alpha value is -3.28. The fraction of sp³-hybridized carbons (Fsp3) is 0.385. The second-order valence-corrected chi connectivity index (χ2v) is 8.51. The maximum Gasteiger partial charge on any atom is 0.308 e. The molecule has 6 heteroatoms. The third kappa shape index (κ3) is 5.31. The number of carbonyl (C=O) groups excluding carboxylic acids is 2. The van der Waals surface area contributed by atoms with E-state index in [-0.39, 0.29) is 18.5 Å². The number of hydrogen-bond donors (Lipinski definition) is 1. The standard InChI is InChI=1S/C26H31NO5/c1-15(2)10-11-30-22-9-7-8-21(13-22)27-26(29)20-12-23-18(5)24(32-19(6)28)16(3)17(4)25(23)31-14-20/h7-9,12-13,15H,10-11,14H2,1-6H3,(H,27,29). The Morgan fingerprint density at radius 3 is 2.56 bits per heavy atom. The van der Waals surface area contributed by atoms with Gasteiger partial charge >= 0.3 is 5.97 Å². The zero-order chi connectivity index (χ0) is 23.4. The van der Waals surface area contributed by atoms with Crippen LogP contribution in [0.25, 0.3) is 6.08 Å². The van der Waals surface area contributed by atoms with Gasteiger partial charge in [0.25, 0.3) is 5.91 Å². The lowest BCUT2D eigenvalue weighted by Crippen LogP contribution is -2.22. The van der Waals surface area contributed by atoms with Gasteiger partial charge in [-0.2, -0.15) is 0 Å². The number of anilines is 1. The van der Waals surface area contributed by atoms with E-state index in [4.69, 9.17) is 14.2 Å². The summed E-state index contributed by atoms with van der Waals surface area (Å²) >= 11 is 0. The predicted molar refractivity (Wildman–Crippen MR) is 125 cm³/mol. The zero-order valence-corrected chi connectivity index (χ0v) is 19.6. The molecule has 2 aromatic carbocycles. The summed E-state index contributed by atoms with van der Waals surface area (Å²) in [4.78, 5) is 24.5. The highest BCUT2D eigenvalue weighted by molar-refractivity contribution is 6.08. The zero-order valence-electron chi connectivity index (χ0n) is 19.6. The van der Waals surface area contributed by atoms with E-state index < -0.39 is 0 Å². The second kappa shape index (κ2) is 9.90. The van der Waals surface area contributed by atoms with Gasteiger partial charge in [-0.3, -0.25) is 9.59 Å². The van der Waals surface area contributed by atoms with Gasteiger partial charge in [0.1, 0.15) is 23.9 Å². The Bertz CT molecular complexity index is 1070. The minimum Gasteiger partial charge on any atom is -0.494 e. The Balaban J connectivity index is 1.81. The van der Waals surface area contributed by atoms with E-state index in [2.05, 4.69) is 19.2 Å². The van der Waals surface area contributed by atoms with Crippen LogP contribution in [-0.4, -0.2) is 25.1 Å². The summed E-state index contributed by atoms with van der Waals surface area (Å²) in [5.41, 5.74) is 4.41. The molecule has 0 fully saturated rings. The molecule has 3 rings (SSSR count). The van der Waals surface area contributed by atoms with Crippen LogP contribution >= 0.6 is 0 Å². The van der Waals surface area contributed by atoms with Gasteiger partial charge in [0.05, 0.1) is 12.2 Å². The first kappa shape index (κ1) is 23.4. The molecule has 6 nitrogen and oxygen atoms in total. The summed E-state index contributed by atoms with van der Waals surface area (Å²) in [6, 6.07) is 7.36. The SMILES string of the molecule is CC(=O)Oc1c(C)c(C)c2c(c1C)C=C(C(=O)Nc1cccc(OCCC(C)C)c1)CO2.